The predicted molar refractivity (Wildman–Crippen MR) is 97.6 cm³/mol. The van der Waals surface area contributed by atoms with Gasteiger partial charge in [-0.05, 0) is 36.4 Å². The predicted octanol–water partition coefficient (Wildman–Crippen LogP) is 3.11. The second-order valence-electron chi connectivity index (χ2n) is 6.40. The highest BCUT2D eigenvalue weighted by Crippen LogP contribution is 2.30. The first-order valence-electron chi connectivity index (χ1n) is 8.95. The van der Waals surface area contributed by atoms with E-state index in [0.29, 0.717) is 13.2 Å². The van der Waals surface area contributed by atoms with Crippen LogP contribution in [-0.2, 0) is 4.74 Å². The molecular weight excluding hydrogens is 359 g/mol. The van der Waals surface area contributed by atoms with Gasteiger partial charge in [0.25, 0.3) is 0 Å². The Kier molecular flexibility index (Phi) is 6.28. The Morgan fingerprint density at radius 1 is 1.11 bits per heavy atom. The van der Waals surface area contributed by atoms with E-state index in [9.17, 15) is 13.2 Å². The van der Waals surface area contributed by atoms with Crippen molar-refractivity contribution < 1.29 is 22.6 Å². The molecule has 1 fully saturated rings. The largest absolute Gasteiger partial charge is 0.573 e. The number of benzene rings is 1. The van der Waals surface area contributed by atoms with E-state index in [4.69, 9.17) is 4.74 Å². The average Bonchev–Trinajstić information content (AvgIpc) is 2.66. The van der Waals surface area contributed by atoms with E-state index >= 15 is 0 Å². The van der Waals surface area contributed by atoms with Gasteiger partial charge < -0.3 is 24.6 Å². The fourth-order valence-corrected chi connectivity index (χ4v) is 3.27. The third-order valence-electron chi connectivity index (χ3n) is 4.57. The molecule has 1 aromatic rings. The van der Waals surface area contributed by atoms with Gasteiger partial charge in [0, 0.05) is 63.3 Å². The molecule has 0 bridgehead atoms. The van der Waals surface area contributed by atoms with Crippen LogP contribution in [0.25, 0.3) is 0 Å². The van der Waals surface area contributed by atoms with E-state index in [1.807, 2.05) is 0 Å². The van der Waals surface area contributed by atoms with Crippen molar-refractivity contribution in [2.45, 2.75) is 12.8 Å². The lowest BCUT2D eigenvalue weighted by molar-refractivity contribution is -0.274. The molecule has 2 aliphatic rings. The second kappa shape index (κ2) is 8.67. The van der Waals surface area contributed by atoms with Gasteiger partial charge >= 0.3 is 6.36 Å². The second-order valence-corrected chi connectivity index (χ2v) is 6.40. The Bertz CT molecular complexity index is 680. The number of methoxy groups -OCH3 is 1. The minimum Gasteiger partial charge on any atom is -0.406 e. The monoisotopic (exact) mass is 383 g/mol. The maximum atomic E-state index is 12.3. The molecule has 1 aromatic carbocycles. The van der Waals surface area contributed by atoms with E-state index < -0.39 is 6.36 Å². The molecule has 3 rings (SSSR count). The summed E-state index contributed by atoms with van der Waals surface area (Å²) in [5, 5.41) is 3.34. The minimum atomic E-state index is -4.68. The molecule has 0 atom stereocenters. The maximum absolute atomic E-state index is 12.3. The molecule has 27 heavy (non-hydrogen) atoms. The highest BCUT2D eigenvalue weighted by molar-refractivity contribution is 5.57. The summed E-state index contributed by atoms with van der Waals surface area (Å²) in [5.41, 5.74) is 3.09. The molecule has 1 saturated heterocycles. The molecule has 0 spiro atoms. The van der Waals surface area contributed by atoms with Crippen molar-refractivity contribution >= 4 is 5.69 Å². The van der Waals surface area contributed by atoms with Crippen molar-refractivity contribution in [3.8, 4) is 5.75 Å². The van der Waals surface area contributed by atoms with Crippen LogP contribution < -0.4 is 15.0 Å². The number of hydrogen-bond donors (Lipinski definition) is 1. The van der Waals surface area contributed by atoms with Gasteiger partial charge in [0.15, 0.2) is 0 Å². The van der Waals surface area contributed by atoms with Gasteiger partial charge in [-0.25, -0.2) is 0 Å². The van der Waals surface area contributed by atoms with E-state index in [-0.39, 0.29) is 5.75 Å². The summed E-state index contributed by atoms with van der Waals surface area (Å²) >= 11 is 0. The van der Waals surface area contributed by atoms with Crippen LogP contribution in [0.2, 0.25) is 0 Å². The number of ether oxygens (including phenoxy) is 2. The lowest BCUT2D eigenvalue weighted by Gasteiger charge is -2.36. The highest BCUT2D eigenvalue weighted by Gasteiger charge is 2.31. The van der Waals surface area contributed by atoms with Crippen LogP contribution in [0.4, 0.5) is 18.9 Å². The first-order valence-corrected chi connectivity index (χ1v) is 8.95. The topological polar surface area (TPSA) is 37.0 Å². The number of nitrogens with one attached hydrogen (secondary N) is 1. The maximum Gasteiger partial charge on any atom is 0.573 e. The Labute approximate surface area is 157 Å². The third-order valence-corrected chi connectivity index (χ3v) is 4.57. The number of hydrogen-bond acceptors (Lipinski definition) is 5. The molecule has 0 radical (unpaired) electrons. The quantitative estimate of drug-likeness (QED) is 0.817. The van der Waals surface area contributed by atoms with Crippen molar-refractivity contribution in [2.75, 3.05) is 51.3 Å². The zero-order valence-corrected chi connectivity index (χ0v) is 15.3. The highest BCUT2D eigenvalue weighted by atomic mass is 19.4. The van der Waals surface area contributed by atoms with Crippen LogP contribution in [0.3, 0.4) is 0 Å². The molecular formula is C19H24F3N3O2. The zero-order valence-electron chi connectivity index (χ0n) is 15.3. The first kappa shape index (κ1) is 19.6. The van der Waals surface area contributed by atoms with Crippen LogP contribution in [0, 0.1) is 0 Å². The summed E-state index contributed by atoms with van der Waals surface area (Å²) in [7, 11) is 1.66. The molecule has 2 aliphatic heterocycles. The van der Waals surface area contributed by atoms with Crippen molar-refractivity contribution in [3.05, 3.63) is 47.8 Å². The van der Waals surface area contributed by atoms with Crippen LogP contribution in [0.15, 0.2) is 47.8 Å². The van der Waals surface area contributed by atoms with Gasteiger partial charge in [-0.1, -0.05) is 0 Å². The van der Waals surface area contributed by atoms with Gasteiger partial charge in [0.1, 0.15) is 5.75 Å². The lowest BCUT2D eigenvalue weighted by Crippen LogP contribution is -2.43. The van der Waals surface area contributed by atoms with Crippen LogP contribution in [-0.4, -0.2) is 57.7 Å². The summed E-state index contributed by atoms with van der Waals surface area (Å²) in [4.78, 5) is 4.43. The molecule has 1 N–H and O–H groups in total. The normalized spacial score (nSPS) is 18.2. The minimum absolute atomic E-state index is 0.220. The summed E-state index contributed by atoms with van der Waals surface area (Å²) in [6, 6.07) is 5.97. The molecule has 5 nitrogen and oxygen atoms in total. The smallest absolute Gasteiger partial charge is 0.406 e. The summed E-state index contributed by atoms with van der Waals surface area (Å²) in [6.07, 6.45) is 0.341. The summed E-state index contributed by atoms with van der Waals surface area (Å²) in [5.74, 6) is -0.220. The number of piperazine rings is 1. The van der Waals surface area contributed by atoms with Gasteiger partial charge in [-0.2, -0.15) is 0 Å². The van der Waals surface area contributed by atoms with Crippen molar-refractivity contribution in [3.63, 3.8) is 0 Å². The van der Waals surface area contributed by atoms with E-state index in [2.05, 4.69) is 32.0 Å². The van der Waals surface area contributed by atoms with E-state index in [0.717, 1.165) is 44.0 Å². The molecule has 0 unspecified atom stereocenters. The fourth-order valence-electron chi connectivity index (χ4n) is 3.27. The molecule has 148 valence electrons. The van der Waals surface area contributed by atoms with Crippen molar-refractivity contribution in [2.24, 2.45) is 0 Å². The first-order chi connectivity index (χ1) is 13.0. The lowest BCUT2D eigenvalue weighted by atomic mass is 10.1. The zero-order chi connectivity index (χ0) is 19.3. The number of halogens is 3. The average molecular weight is 383 g/mol. The Morgan fingerprint density at radius 2 is 1.81 bits per heavy atom. The Morgan fingerprint density at radius 3 is 2.44 bits per heavy atom. The fraction of sp³-hybridized carbons (Fsp3) is 0.474. The molecule has 0 aromatic heterocycles. The standard InChI is InChI=1S/C19H24F3N3O2/c1-26-13-7-17-14-16(24-11-8-23-9-12-24)6-10-25(17)15-2-4-18(5-3-15)27-19(20,21)22/h2-6,14,23H,7-13H2,1H3. The van der Waals surface area contributed by atoms with Gasteiger partial charge in [0.05, 0.1) is 6.61 Å². The van der Waals surface area contributed by atoms with Gasteiger partial charge in [-0.15, -0.1) is 13.2 Å². The van der Waals surface area contributed by atoms with Crippen LogP contribution in [0.5, 0.6) is 5.75 Å². The number of anilines is 1. The summed E-state index contributed by atoms with van der Waals surface area (Å²) in [6.45, 7) is 5.08. The van der Waals surface area contributed by atoms with Crippen LogP contribution in [0.1, 0.15) is 6.42 Å². The molecule has 0 saturated carbocycles. The van der Waals surface area contributed by atoms with Crippen molar-refractivity contribution in [1.82, 2.24) is 10.2 Å². The number of nitrogens with zero attached hydrogens (tertiary/aromatic N) is 2. The molecule has 8 heteroatoms. The Hall–Kier alpha value is -2.19. The summed E-state index contributed by atoms with van der Waals surface area (Å²) < 4.78 is 46.2. The van der Waals surface area contributed by atoms with Gasteiger partial charge in [0.2, 0.25) is 0 Å². The third kappa shape index (κ3) is 5.40. The molecule has 0 aliphatic carbocycles. The number of rotatable bonds is 6. The van der Waals surface area contributed by atoms with E-state index in [1.165, 1.54) is 17.8 Å². The van der Waals surface area contributed by atoms with Crippen LogP contribution >= 0.6 is 0 Å². The van der Waals surface area contributed by atoms with Crippen molar-refractivity contribution in [1.29, 1.82) is 0 Å². The van der Waals surface area contributed by atoms with E-state index in [1.54, 1.807) is 19.2 Å². The Balaban J connectivity index is 1.76. The SMILES string of the molecule is COCCC1=CC(N2CCNCC2)=CCN1c1ccc(OC(F)(F)F)cc1. The molecule has 0 amide bonds. The molecule has 2 heterocycles. The number of alkyl halides is 3. The van der Waals surface area contributed by atoms with Gasteiger partial charge in [-0.3, -0.25) is 0 Å². The number of allylic oxidation sites excluding steroid dienone is 1.